The molecule has 0 amide bonds. The highest BCUT2D eigenvalue weighted by Gasteiger charge is 2.27. The van der Waals surface area contributed by atoms with Crippen LogP contribution in [0.4, 0.5) is 0 Å². The first-order chi connectivity index (χ1) is 24.7. The SMILES string of the molecule is CC/C=C/C/C=C/C/C=C/CCCCCCCC(=O)O[C@H](COC(=O)CCCCCCC/C=C/CCCCCC)COP(=O)(O)OC[C@@H](O)CO. The highest BCUT2D eigenvalue weighted by Crippen LogP contribution is 2.43. The zero-order valence-electron chi connectivity index (χ0n) is 31.8. The maximum atomic E-state index is 12.6. The lowest BCUT2D eigenvalue weighted by molar-refractivity contribution is -0.161. The van der Waals surface area contributed by atoms with Crippen molar-refractivity contribution in [3.63, 3.8) is 0 Å². The van der Waals surface area contributed by atoms with Crippen LogP contribution in [0.15, 0.2) is 48.6 Å². The second kappa shape index (κ2) is 36.3. The molecule has 0 aromatic heterocycles. The molecule has 0 fully saturated rings. The summed E-state index contributed by atoms with van der Waals surface area (Å²) in [6, 6.07) is 0. The van der Waals surface area contributed by atoms with Gasteiger partial charge in [0.15, 0.2) is 6.10 Å². The molecule has 51 heavy (non-hydrogen) atoms. The molecule has 3 N–H and O–H groups in total. The monoisotopic (exact) mass is 742 g/mol. The quantitative estimate of drug-likeness (QED) is 0.0245. The second-order valence-corrected chi connectivity index (χ2v) is 14.4. The minimum absolute atomic E-state index is 0.162. The number of carbonyl (C=O) groups is 2. The summed E-state index contributed by atoms with van der Waals surface area (Å²) in [7, 11) is -4.62. The van der Waals surface area contributed by atoms with Crippen molar-refractivity contribution < 1.29 is 47.8 Å². The summed E-state index contributed by atoms with van der Waals surface area (Å²) in [5, 5.41) is 18.3. The van der Waals surface area contributed by atoms with E-state index in [1.807, 2.05) is 0 Å². The van der Waals surface area contributed by atoms with Crippen LogP contribution in [-0.4, -0.2) is 65.7 Å². The van der Waals surface area contributed by atoms with Gasteiger partial charge in [0.05, 0.1) is 19.8 Å². The molecule has 0 spiro atoms. The number of esters is 2. The van der Waals surface area contributed by atoms with Gasteiger partial charge < -0.3 is 24.6 Å². The van der Waals surface area contributed by atoms with Crippen LogP contribution in [0.1, 0.15) is 155 Å². The number of phosphoric acid groups is 1. The molecule has 3 atom stereocenters. The number of rotatable bonds is 36. The van der Waals surface area contributed by atoms with Gasteiger partial charge in [0.2, 0.25) is 0 Å². The molecule has 0 saturated heterocycles. The Kier molecular flexibility index (Phi) is 34.8. The Balaban J connectivity index is 4.41. The Morgan fingerprint density at radius 1 is 0.608 bits per heavy atom. The van der Waals surface area contributed by atoms with Crippen LogP contribution < -0.4 is 0 Å². The van der Waals surface area contributed by atoms with Crippen molar-refractivity contribution in [3.05, 3.63) is 48.6 Å². The first-order valence-electron chi connectivity index (χ1n) is 19.6. The molecule has 296 valence electrons. The molecule has 1 unspecified atom stereocenters. The number of unbranched alkanes of at least 4 members (excludes halogenated alkanes) is 14. The van der Waals surface area contributed by atoms with Crippen LogP contribution >= 0.6 is 7.82 Å². The number of aliphatic hydroxyl groups excluding tert-OH is 2. The van der Waals surface area contributed by atoms with Crippen molar-refractivity contribution in [2.75, 3.05) is 26.4 Å². The summed E-state index contributed by atoms with van der Waals surface area (Å²) >= 11 is 0. The zero-order chi connectivity index (χ0) is 37.7. The van der Waals surface area contributed by atoms with Crippen molar-refractivity contribution in [1.29, 1.82) is 0 Å². The Labute approximate surface area is 309 Å². The molecule has 0 aliphatic heterocycles. The van der Waals surface area contributed by atoms with Crippen molar-refractivity contribution in [2.24, 2.45) is 0 Å². The summed E-state index contributed by atoms with van der Waals surface area (Å²) < 4.78 is 32.6. The molecule has 0 saturated carbocycles. The first kappa shape index (κ1) is 48.9. The lowest BCUT2D eigenvalue weighted by Crippen LogP contribution is -2.29. The molecule has 0 heterocycles. The van der Waals surface area contributed by atoms with Gasteiger partial charge in [-0.15, -0.1) is 0 Å². The summed E-state index contributed by atoms with van der Waals surface area (Å²) in [6.45, 7) is 2.20. The van der Waals surface area contributed by atoms with Crippen molar-refractivity contribution in [2.45, 2.75) is 167 Å². The lowest BCUT2D eigenvalue weighted by atomic mass is 10.1. The fourth-order valence-electron chi connectivity index (χ4n) is 4.94. The average Bonchev–Trinajstić information content (AvgIpc) is 3.12. The van der Waals surface area contributed by atoms with Crippen molar-refractivity contribution in [1.82, 2.24) is 0 Å². The van der Waals surface area contributed by atoms with Crippen LogP contribution in [0.5, 0.6) is 0 Å². The summed E-state index contributed by atoms with van der Waals surface area (Å²) in [4.78, 5) is 34.8. The third kappa shape index (κ3) is 36.1. The Morgan fingerprint density at radius 2 is 1.08 bits per heavy atom. The average molecular weight is 743 g/mol. The smallest absolute Gasteiger partial charge is 0.462 e. The van der Waals surface area contributed by atoms with E-state index in [4.69, 9.17) is 19.1 Å². The van der Waals surface area contributed by atoms with Gasteiger partial charge in [-0.1, -0.05) is 120 Å². The highest BCUT2D eigenvalue weighted by molar-refractivity contribution is 7.47. The van der Waals surface area contributed by atoms with Crippen molar-refractivity contribution >= 4 is 19.8 Å². The van der Waals surface area contributed by atoms with Crippen LogP contribution in [0.3, 0.4) is 0 Å². The van der Waals surface area contributed by atoms with Gasteiger partial charge in [0.1, 0.15) is 12.7 Å². The van der Waals surface area contributed by atoms with Gasteiger partial charge in [-0.2, -0.15) is 0 Å². The van der Waals surface area contributed by atoms with Crippen LogP contribution in [-0.2, 0) is 32.7 Å². The van der Waals surface area contributed by atoms with Gasteiger partial charge in [0, 0.05) is 12.8 Å². The van der Waals surface area contributed by atoms with Crippen LogP contribution in [0, 0.1) is 0 Å². The summed E-state index contributed by atoms with van der Waals surface area (Å²) in [6.07, 6.45) is 36.5. The molecule has 0 aliphatic rings. The van der Waals surface area contributed by atoms with E-state index in [1.54, 1.807) is 0 Å². The van der Waals surface area contributed by atoms with Gasteiger partial charge in [-0.25, -0.2) is 4.57 Å². The standard InChI is InChI=1S/C40H71O10P/c1-3-5-7-9-11-13-15-17-18-20-22-24-26-28-30-32-40(44)50-38(36-49-51(45,46)48-34-37(42)33-41)35-47-39(43)31-29-27-25-23-21-19-16-14-12-10-8-6-4-2/h5,7,11,13-14,16-18,37-38,41-42H,3-4,6,8-10,12,15,19-36H2,1-2H3,(H,45,46)/b7-5+,13-11+,16-14+,18-17+/t37-,38+/m0/s1. The molecular formula is C40H71O10P. The third-order valence-electron chi connectivity index (χ3n) is 7.97. The van der Waals surface area contributed by atoms with E-state index in [0.717, 1.165) is 89.9 Å². The molecular weight excluding hydrogens is 671 g/mol. The van der Waals surface area contributed by atoms with E-state index in [-0.39, 0.29) is 19.4 Å². The Morgan fingerprint density at radius 3 is 1.65 bits per heavy atom. The van der Waals surface area contributed by atoms with Crippen molar-refractivity contribution in [3.8, 4) is 0 Å². The van der Waals surface area contributed by atoms with Crippen LogP contribution in [0.25, 0.3) is 0 Å². The van der Waals surface area contributed by atoms with Gasteiger partial charge >= 0.3 is 19.8 Å². The lowest BCUT2D eigenvalue weighted by Gasteiger charge is -2.20. The van der Waals surface area contributed by atoms with E-state index in [0.29, 0.717) is 12.8 Å². The van der Waals surface area contributed by atoms with E-state index in [1.165, 1.54) is 25.7 Å². The van der Waals surface area contributed by atoms with Crippen LogP contribution in [0.2, 0.25) is 0 Å². The van der Waals surface area contributed by atoms with Gasteiger partial charge in [-0.3, -0.25) is 18.6 Å². The Hall–Kier alpha value is -2.07. The molecule has 0 aromatic rings. The van der Waals surface area contributed by atoms with E-state index in [9.17, 15) is 24.2 Å². The second-order valence-electron chi connectivity index (χ2n) is 12.9. The van der Waals surface area contributed by atoms with E-state index >= 15 is 0 Å². The fraction of sp³-hybridized carbons (Fsp3) is 0.750. The number of ether oxygens (including phenoxy) is 2. The molecule has 0 aliphatic carbocycles. The number of aliphatic hydroxyl groups is 2. The fourth-order valence-corrected chi connectivity index (χ4v) is 5.73. The molecule has 0 rings (SSSR count). The normalized spacial score (nSPS) is 14.5. The molecule has 0 radical (unpaired) electrons. The van der Waals surface area contributed by atoms with E-state index < -0.39 is 51.8 Å². The summed E-state index contributed by atoms with van der Waals surface area (Å²) in [5.41, 5.74) is 0. The van der Waals surface area contributed by atoms with Gasteiger partial charge in [0.25, 0.3) is 0 Å². The highest BCUT2D eigenvalue weighted by atomic mass is 31.2. The number of allylic oxidation sites excluding steroid dienone is 8. The number of carbonyl (C=O) groups excluding carboxylic acids is 2. The molecule has 11 heteroatoms. The molecule has 10 nitrogen and oxygen atoms in total. The van der Waals surface area contributed by atoms with E-state index in [2.05, 4.69) is 67.0 Å². The molecule has 0 aromatic carbocycles. The molecule has 0 bridgehead atoms. The topological polar surface area (TPSA) is 149 Å². The maximum Gasteiger partial charge on any atom is 0.472 e. The predicted molar refractivity (Wildman–Crippen MR) is 205 cm³/mol. The number of hydrogen-bond donors (Lipinski definition) is 3. The summed E-state index contributed by atoms with van der Waals surface area (Å²) in [5.74, 6) is -0.959. The Bertz CT molecular complexity index is 994. The zero-order valence-corrected chi connectivity index (χ0v) is 32.7. The predicted octanol–water partition coefficient (Wildman–Crippen LogP) is 9.77. The number of hydrogen-bond acceptors (Lipinski definition) is 9. The first-order valence-corrected chi connectivity index (χ1v) is 21.1. The maximum absolute atomic E-state index is 12.6. The third-order valence-corrected chi connectivity index (χ3v) is 8.92. The largest absolute Gasteiger partial charge is 0.472 e. The number of phosphoric ester groups is 1. The van der Waals surface area contributed by atoms with Gasteiger partial charge in [-0.05, 0) is 70.6 Å². The minimum atomic E-state index is -4.62. The minimum Gasteiger partial charge on any atom is -0.462 e.